The normalized spacial score (nSPS) is 23.3. The summed E-state index contributed by atoms with van der Waals surface area (Å²) in [5, 5.41) is 11.8. The van der Waals surface area contributed by atoms with Crippen molar-refractivity contribution in [2.75, 3.05) is 13.7 Å². The second kappa shape index (κ2) is 13.3. The number of esters is 2. The van der Waals surface area contributed by atoms with Crippen LogP contribution in [0.2, 0.25) is 0 Å². The minimum absolute atomic E-state index is 0. The van der Waals surface area contributed by atoms with Crippen molar-refractivity contribution in [2.45, 2.75) is 75.8 Å². The van der Waals surface area contributed by atoms with Crippen molar-refractivity contribution in [1.82, 2.24) is 0 Å². The van der Waals surface area contributed by atoms with E-state index in [-0.39, 0.29) is 29.1 Å². The number of rotatable bonds is 10. The van der Waals surface area contributed by atoms with Gasteiger partial charge < -0.3 is 36.0 Å². The minimum atomic E-state index is -1.85. The van der Waals surface area contributed by atoms with Crippen molar-refractivity contribution < 1.29 is 45.6 Å². The number of carbonyl (C=O) groups excluding carboxylic acids is 2. The lowest BCUT2D eigenvalue weighted by atomic mass is 9.86. The number of hydrogen-bond acceptors (Lipinski definition) is 5. The first-order valence-corrected chi connectivity index (χ1v) is 14.5. The van der Waals surface area contributed by atoms with Crippen molar-refractivity contribution in [3.8, 4) is 0 Å². The Morgan fingerprint density at radius 1 is 0.854 bits per heavy atom. The van der Waals surface area contributed by atoms with Crippen LogP contribution >= 0.6 is 0 Å². The Morgan fingerprint density at radius 3 is 1.88 bits per heavy atom. The van der Waals surface area contributed by atoms with Gasteiger partial charge in [-0.25, -0.2) is 4.79 Å². The van der Waals surface area contributed by atoms with Gasteiger partial charge in [0.15, 0.2) is 0 Å². The molecular weight excluding hydrogens is 582 g/mol. The first-order chi connectivity index (χ1) is 19.3. The number of piperidine rings is 1. The third-order valence-electron chi connectivity index (χ3n) is 8.99. The van der Waals surface area contributed by atoms with Crippen LogP contribution in [-0.4, -0.2) is 53.4 Å². The molecule has 2 bridgehead atoms. The van der Waals surface area contributed by atoms with Crippen LogP contribution in [0.3, 0.4) is 0 Å². The molecule has 218 valence electrons. The Hall–Kier alpha value is -3.00. The van der Waals surface area contributed by atoms with E-state index in [0.29, 0.717) is 42.7 Å². The molecule has 2 saturated heterocycles. The van der Waals surface area contributed by atoms with Crippen LogP contribution in [0.4, 0.5) is 0 Å². The summed E-state index contributed by atoms with van der Waals surface area (Å²) in [5.41, 5.74) is 1.58. The molecule has 0 aliphatic carbocycles. The van der Waals surface area contributed by atoms with Crippen LogP contribution in [0.15, 0.2) is 84.9 Å². The van der Waals surface area contributed by atoms with Gasteiger partial charge in [-0.15, -0.1) is 0 Å². The van der Waals surface area contributed by atoms with Gasteiger partial charge in [0.25, 0.3) is 0 Å². The smallest absolute Gasteiger partial charge is 0.347 e. The van der Waals surface area contributed by atoms with Crippen molar-refractivity contribution in [3.05, 3.63) is 107 Å². The Morgan fingerprint density at radius 2 is 1.37 bits per heavy atom. The molecular formula is C34H40BrNO5. The molecule has 7 heteroatoms. The molecule has 4 atom stereocenters. The molecule has 6 nitrogen and oxygen atoms in total. The summed E-state index contributed by atoms with van der Waals surface area (Å²) in [6.45, 7) is 3.16. The minimum Gasteiger partial charge on any atom is -1.00 e. The van der Waals surface area contributed by atoms with Crippen LogP contribution < -0.4 is 17.0 Å². The highest BCUT2D eigenvalue weighted by molar-refractivity contribution is 5.85. The number of benzene rings is 3. The fourth-order valence-electron chi connectivity index (χ4n) is 6.73. The molecule has 0 saturated carbocycles. The van der Waals surface area contributed by atoms with Gasteiger partial charge in [-0.1, -0.05) is 84.9 Å². The average molecular weight is 623 g/mol. The zero-order valence-electron chi connectivity index (χ0n) is 23.9. The van der Waals surface area contributed by atoms with Gasteiger partial charge in [0.2, 0.25) is 5.60 Å². The molecule has 0 spiro atoms. The summed E-state index contributed by atoms with van der Waals surface area (Å²) in [4.78, 5) is 25.4. The van der Waals surface area contributed by atoms with E-state index in [1.807, 2.05) is 43.3 Å². The number of hydrogen-bond donors (Lipinski definition) is 1. The fourth-order valence-corrected chi connectivity index (χ4v) is 6.73. The molecule has 2 aliphatic heterocycles. The highest BCUT2D eigenvalue weighted by atomic mass is 79.9. The molecule has 5 rings (SSSR count). The number of carbonyl (C=O) groups is 2. The molecule has 3 aromatic carbocycles. The number of quaternary nitrogens is 1. The van der Waals surface area contributed by atoms with Crippen molar-refractivity contribution in [3.63, 3.8) is 0 Å². The van der Waals surface area contributed by atoms with Gasteiger partial charge in [0, 0.05) is 37.7 Å². The summed E-state index contributed by atoms with van der Waals surface area (Å²) >= 11 is 0. The van der Waals surface area contributed by atoms with E-state index in [1.165, 1.54) is 5.56 Å². The Kier molecular flexibility index (Phi) is 10.1. The molecule has 2 heterocycles. The van der Waals surface area contributed by atoms with Gasteiger partial charge >= 0.3 is 11.9 Å². The Labute approximate surface area is 253 Å². The summed E-state index contributed by atoms with van der Waals surface area (Å²) in [6.07, 6.45) is 4.64. The van der Waals surface area contributed by atoms with Crippen LogP contribution in [0.25, 0.3) is 0 Å². The highest BCUT2D eigenvalue weighted by Gasteiger charge is 2.53. The Bertz CT molecular complexity index is 1240. The molecule has 2 aliphatic rings. The molecule has 41 heavy (non-hydrogen) atoms. The lowest BCUT2D eigenvalue weighted by molar-refractivity contribution is -0.961. The molecule has 0 unspecified atom stereocenters. The molecule has 0 amide bonds. The largest absolute Gasteiger partial charge is 1.00 e. The van der Waals surface area contributed by atoms with E-state index in [0.717, 1.165) is 42.3 Å². The van der Waals surface area contributed by atoms with E-state index >= 15 is 0 Å². The van der Waals surface area contributed by atoms with Gasteiger partial charge in [-0.2, -0.15) is 0 Å². The van der Waals surface area contributed by atoms with Crippen molar-refractivity contribution >= 4 is 11.9 Å². The number of nitrogens with zero attached hydrogens (tertiary/aromatic N) is 1. The molecule has 3 aromatic rings. The number of aliphatic hydroxyl groups is 1. The monoisotopic (exact) mass is 621 g/mol. The fraction of sp³-hybridized carbons (Fsp3) is 0.412. The molecule has 1 N–H and O–H groups in total. The number of ether oxygens (including phenoxy) is 2. The summed E-state index contributed by atoms with van der Waals surface area (Å²) in [5.74, 6) is -0.764. The predicted molar refractivity (Wildman–Crippen MR) is 153 cm³/mol. The van der Waals surface area contributed by atoms with Gasteiger partial charge in [-0.05, 0) is 30.0 Å². The standard InChI is InChI=1S/C34H40NO5.BrH/c1-3-39-32(36)21-18-25-14-16-26(17-15-25)24-35(2)29-19-20-30(35)23-31(22-29)40-33(37)34(38,27-10-6-4-7-11-27)28-12-8-5-9-13-28;/h4-17,29-31,38H,3,18-24H2,1-2H3;1H/q+1;/p-1/t29-,30+,31+,35-;. The lowest BCUT2D eigenvalue weighted by Gasteiger charge is -2.47. The average Bonchev–Trinajstić information content (AvgIpc) is 3.12. The van der Waals surface area contributed by atoms with Crippen LogP contribution in [-0.2, 0) is 37.6 Å². The van der Waals surface area contributed by atoms with E-state index in [9.17, 15) is 14.7 Å². The summed E-state index contributed by atoms with van der Waals surface area (Å²) in [6, 6.07) is 27.5. The lowest BCUT2D eigenvalue weighted by Crippen LogP contribution is -3.00. The second-order valence-corrected chi connectivity index (χ2v) is 11.5. The molecule has 2 fully saturated rings. The quantitative estimate of drug-likeness (QED) is 0.278. The predicted octanol–water partition coefficient (Wildman–Crippen LogP) is 2.31. The maximum atomic E-state index is 13.7. The number of halogens is 1. The molecule has 0 radical (unpaired) electrons. The van der Waals surface area contributed by atoms with E-state index < -0.39 is 11.6 Å². The van der Waals surface area contributed by atoms with Gasteiger partial charge in [0.05, 0.1) is 25.7 Å². The maximum Gasteiger partial charge on any atom is 0.347 e. The van der Waals surface area contributed by atoms with E-state index in [4.69, 9.17) is 9.47 Å². The maximum absolute atomic E-state index is 13.7. The first-order valence-electron chi connectivity index (χ1n) is 14.5. The number of fused-ring (bicyclic) bond motifs is 2. The summed E-state index contributed by atoms with van der Waals surface area (Å²) < 4.78 is 12.1. The van der Waals surface area contributed by atoms with Gasteiger partial charge in [-0.3, -0.25) is 4.79 Å². The van der Waals surface area contributed by atoms with E-state index in [2.05, 4.69) is 31.3 Å². The summed E-state index contributed by atoms with van der Waals surface area (Å²) in [7, 11) is 2.33. The second-order valence-electron chi connectivity index (χ2n) is 11.5. The topological polar surface area (TPSA) is 72.8 Å². The van der Waals surface area contributed by atoms with Crippen LogP contribution in [0.1, 0.15) is 61.3 Å². The molecule has 0 aromatic heterocycles. The third-order valence-corrected chi connectivity index (χ3v) is 8.99. The van der Waals surface area contributed by atoms with E-state index in [1.54, 1.807) is 24.3 Å². The SMILES string of the molecule is CCOC(=O)CCc1ccc(C[N@+]2(C)[C@@H]3CC[C@H]2C[C@@H](OC(=O)C(O)(c2ccccc2)c2ccccc2)C3)cc1.[Br-]. The zero-order valence-corrected chi connectivity index (χ0v) is 25.5. The first kappa shape index (κ1) is 30.9. The highest BCUT2D eigenvalue weighted by Crippen LogP contribution is 2.44. The Balaban J connectivity index is 0.00000387. The number of aryl methyl sites for hydroxylation is 1. The van der Waals surface area contributed by atoms with Crippen LogP contribution in [0.5, 0.6) is 0 Å². The zero-order chi connectivity index (χ0) is 28.2. The van der Waals surface area contributed by atoms with Gasteiger partial charge in [0.1, 0.15) is 12.6 Å². The van der Waals surface area contributed by atoms with Crippen molar-refractivity contribution in [1.29, 1.82) is 0 Å². The third kappa shape index (κ3) is 6.58. The van der Waals surface area contributed by atoms with Crippen molar-refractivity contribution in [2.24, 2.45) is 0 Å². The van der Waals surface area contributed by atoms with Crippen LogP contribution in [0, 0.1) is 0 Å².